The number of carbonyl (C=O) groups excluding carboxylic acids is 2. The first-order chi connectivity index (χ1) is 9.47. The van der Waals surface area contributed by atoms with E-state index in [0.29, 0.717) is 18.4 Å². The third-order valence-electron chi connectivity index (χ3n) is 3.70. The number of carbonyl (C=O) groups is 3. The highest BCUT2D eigenvalue weighted by molar-refractivity contribution is 6.51. The lowest BCUT2D eigenvalue weighted by atomic mass is 9.80. The Balaban J connectivity index is 2.59. The molecular weight excluding hydrogens is 256 g/mol. The molecule has 0 bridgehead atoms. The third kappa shape index (κ3) is 2.29. The predicted octanol–water partition coefficient (Wildman–Crippen LogP) is 2.52. The predicted molar refractivity (Wildman–Crippen MR) is 74.1 cm³/mol. The zero-order valence-electron chi connectivity index (χ0n) is 11.5. The number of Topliss-reactive ketones (excluding diaryl/α,β-unsaturated/α-hetero) is 2. The number of rotatable bonds is 3. The van der Waals surface area contributed by atoms with Crippen molar-refractivity contribution in [3.63, 3.8) is 0 Å². The van der Waals surface area contributed by atoms with Gasteiger partial charge >= 0.3 is 5.97 Å². The van der Waals surface area contributed by atoms with Crippen molar-refractivity contribution >= 4 is 17.5 Å². The van der Waals surface area contributed by atoms with Crippen LogP contribution in [0.25, 0.3) is 0 Å². The molecular formula is C16H16O4. The molecule has 0 spiro atoms. The molecule has 0 fully saturated rings. The van der Waals surface area contributed by atoms with Crippen molar-refractivity contribution < 1.29 is 19.5 Å². The lowest BCUT2D eigenvalue weighted by Gasteiger charge is -2.22. The van der Waals surface area contributed by atoms with Gasteiger partial charge in [0, 0.05) is 16.7 Å². The van der Waals surface area contributed by atoms with E-state index in [1.165, 1.54) is 6.08 Å². The van der Waals surface area contributed by atoms with E-state index in [-0.39, 0.29) is 11.1 Å². The molecule has 0 saturated carbocycles. The van der Waals surface area contributed by atoms with Crippen LogP contribution in [0.4, 0.5) is 0 Å². The number of carboxylic acids is 1. The van der Waals surface area contributed by atoms with E-state index in [2.05, 4.69) is 0 Å². The van der Waals surface area contributed by atoms with Gasteiger partial charge in [-0.1, -0.05) is 19.1 Å². The van der Waals surface area contributed by atoms with Gasteiger partial charge in [-0.3, -0.25) is 9.59 Å². The summed E-state index contributed by atoms with van der Waals surface area (Å²) in [7, 11) is 0. The van der Waals surface area contributed by atoms with Gasteiger partial charge < -0.3 is 5.11 Å². The molecule has 0 heterocycles. The van der Waals surface area contributed by atoms with Crippen LogP contribution in [0.1, 0.15) is 33.1 Å². The number of hydrogen-bond donors (Lipinski definition) is 1. The maximum absolute atomic E-state index is 12.2. The molecule has 0 radical (unpaired) electrons. The second-order valence-electron chi connectivity index (χ2n) is 4.86. The summed E-state index contributed by atoms with van der Waals surface area (Å²) >= 11 is 0. The van der Waals surface area contributed by atoms with E-state index in [1.54, 1.807) is 19.9 Å². The summed E-state index contributed by atoms with van der Waals surface area (Å²) in [6, 6.07) is 0. The maximum Gasteiger partial charge on any atom is 0.331 e. The molecule has 0 aliphatic heterocycles. The Kier molecular flexibility index (Phi) is 3.84. The third-order valence-corrected chi connectivity index (χ3v) is 3.70. The van der Waals surface area contributed by atoms with Crippen molar-refractivity contribution in [2.24, 2.45) is 0 Å². The molecule has 2 aliphatic carbocycles. The van der Waals surface area contributed by atoms with Crippen molar-refractivity contribution in [3.8, 4) is 0 Å². The standard InChI is InChI=1S/C16H16O4/c1-3-10(16(19)20)8-13-9(2)11-6-4-5-7-12(11)14(17)15(13)18/h5,7-8H,3-4,6H2,1-2H3,(H,19,20)/b10-8+. The Morgan fingerprint density at radius 2 is 2.05 bits per heavy atom. The fourth-order valence-electron chi connectivity index (χ4n) is 2.51. The van der Waals surface area contributed by atoms with Gasteiger partial charge in [0.1, 0.15) is 0 Å². The van der Waals surface area contributed by atoms with E-state index in [4.69, 9.17) is 5.11 Å². The Bertz CT molecular complexity index is 627. The van der Waals surface area contributed by atoms with Crippen LogP contribution >= 0.6 is 0 Å². The molecule has 2 aliphatic rings. The van der Waals surface area contributed by atoms with Crippen molar-refractivity contribution in [1.82, 2.24) is 0 Å². The first kappa shape index (κ1) is 14.2. The summed E-state index contributed by atoms with van der Waals surface area (Å²) in [5.74, 6) is -2.20. The average Bonchev–Trinajstić information content (AvgIpc) is 2.45. The molecule has 4 nitrogen and oxygen atoms in total. The molecule has 0 unspecified atom stereocenters. The van der Waals surface area contributed by atoms with Gasteiger partial charge in [-0.25, -0.2) is 4.79 Å². The van der Waals surface area contributed by atoms with Crippen molar-refractivity contribution in [1.29, 1.82) is 0 Å². The van der Waals surface area contributed by atoms with Crippen molar-refractivity contribution in [3.05, 3.63) is 46.1 Å². The van der Waals surface area contributed by atoms with Gasteiger partial charge in [0.05, 0.1) is 0 Å². The quantitative estimate of drug-likeness (QED) is 0.487. The van der Waals surface area contributed by atoms with Gasteiger partial charge in [0.15, 0.2) is 0 Å². The maximum atomic E-state index is 12.2. The van der Waals surface area contributed by atoms with Crippen LogP contribution in [0, 0.1) is 0 Å². The van der Waals surface area contributed by atoms with Crippen LogP contribution in [0.2, 0.25) is 0 Å². The summed E-state index contributed by atoms with van der Waals surface area (Å²) < 4.78 is 0. The number of aliphatic carboxylic acids is 1. The molecule has 1 N–H and O–H groups in total. The smallest absolute Gasteiger partial charge is 0.331 e. The topological polar surface area (TPSA) is 71.4 Å². The zero-order chi connectivity index (χ0) is 14.9. The molecule has 20 heavy (non-hydrogen) atoms. The summed E-state index contributed by atoms with van der Waals surface area (Å²) in [6.45, 7) is 3.48. The molecule has 0 aromatic carbocycles. The zero-order valence-corrected chi connectivity index (χ0v) is 11.5. The van der Waals surface area contributed by atoms with Crippen molar-refractivity contribution in [2.75, 3.05) is 0 Å². The molecule has 0 aromatic heterocycles. The Morgan fingerprint density at radius 1 is 1.35 bits per heavy atom. The van der Waals surface area contributed by atoms with Gasteiger partial charge in [0.2, 0.25) is 11.6 Å². The van der Waals surface area contributed by atoms with Gasteiger partial charge in [-0.05, 0) is 43.4 Å². The summed E-state index contributed by atoms with van der Waals surface area (Å²) in [5.41, 5.74) is 2.41. The number of allylic oxidation sites excluding steroid dienone is 7. The highest BCUT2D eigenvalue weighted by Crippen LogP contribution is 2.33. The molecule has 0 atom stereocenters. The van der Waals surface area contributed by atoms with E-state index in [0.717, 1.165) is 17.6 Å². The highest BCUT2D eigenvalue weighted by Gasteiger charge is 2.31. The molecule has 104 valence electrons. The van der Waals surface area contributed by atoms with Crippen molar-refractivity contribution in [2.45, 2.75) is 33.1 Å². The van der Waals surface area contributed by atoms with Crippen LogP contribution in [0.3, 0.4) is 0 Å². The Labute approximate surface area is 117 Å². The van der Waals surface area contributed by atoms with Crippen LogP contribution in [-0.4, -0.2) is 22.6 Å². The largest absolute Gasteiger partial charge is 0.478 e. The summed E-state index contributed by atoms with van der Waals surface area (Å²) in [4.78, 5) is 35.3. The van der Waals surface area contributed by atoms with Gasteiger partial charge in [-0.15, -0.1) is 0 Å². The van der Waals surface area contributed by atoms with E-state index in [9.17, 15) is 14.4 Å². The highest BCUT2D eigenvalue weighted by atomic mass is 16.4. The van der Waals surface area contributed by atoms with Gasteiger partial charge in [0.25, 0.3) is 0 Å². The second-order valence-corrected chi connectivity index (χ2v) is 4.86. The van der Waals surface area contributed by atoms with Crippen LogP contribution in [0.5, 0.6) is 0 Å². The minimum Gasteiger partial charge on any atom is -0.478 e. The Hall–Kier alpha value is -2.23. The van der Waals surface area contributed by atoms with Crippen LogP contribution in [-0.2, 0) is 14.4 Å². The average molecular weight is 272 g/mol. The lowest BCUT2D eigenvalue weighted by molar-refractivity contribution is -0.133. The lowest BCUT2D eigenvalue weighted by Crippen LogP contribution is -2.25. The minimum atomic E-state index is -1.06. The number of hydrogen-bond acceptors (Lipinski definition) is 3. The SMILES string of the molecule is CC/C(=C\C1=C(C)C2=C(C=CCC2)C(=O)C1=O)C(=O)O. The fourth-order valence-corrected chi connectivity index (χ4v) is 2.51. The molecule has 2 rings (SSSR count). The molecule has 0 saturated heterocycles. The summed E-state index contributed by atoms with van der Waals surface area (Å²) in [5, 5.41) is 9.06. The van der Waals surface area contributed by atoms with Gasteiger partial charge in [-0.2, -0.15) is 0 Å². The first-order valence-corrected chi connectivity index (χ1v) is 6.61. The van der Waals surface area contributed by atoms with E-state index >= 15 is 0 Å². The Morgan fingerprint density at radius 3 is 2.65 bits per heavy atom. The molecule has 0 amide bonds. The number of ketones is 2. The van der Waals surface area contributed by atoms with E-state index < -0.39 is 17.5 Å². The molecule has 4 heteroatoms. The minimum absolute atomic E-state index is 0.135. The van der Waals surface area contributed by atoms with Crippen LogP contribution < -0.4 is 0 Å². The summed E-state index contributed by atoms with van der Waals surface area (Å²) in [6.07, 6.45) is 6.77. The van der Waals surface area contributed by atoms with E-state index in [1.807, 2.05) is 6.08 Å². The molecule has 0 aromatic rings. The number of carboxylic acid groups (broad SMARTS) is 1. The normalized spacial score (nSPS) is 19.6. The second kappa shape index (κ2) is 5.41. The fraction of sp³-hybridized carbons (Fsp3) is 0.312. The monoisotopic (exact) mass is 272 g/mol. The van der Waals surface area contributed by atoms with Crippen LogP contribution in [0.15, 0.2) is 46.1 Å². The first-order valence-electron chi connectivity index (χ1n) is 6.61.